The number of aromatic hydroxyl groups is 1. The number of hydrogen-bond donors (Lipinski definition) is 3. The van der Waals surface area contributed by atoms with E-state index in [-0.39, 0.29) is 54.0 Å². The van der Waals surface area contributed by atoms with Gasteiger partial charge < -0.3 is 25.4 Å². The van der Waals surface area contributed by atoms with E-state index < -0.39 is 0 Å². The highest BCUT2D eigenvalue weighted by atomic mass is 35.5. The van der Waals surface area contributed by atoms with Crippen molar-refractivity contribution >= 4 is 30.7 Å². The number of ether oxygens (including phenoxy) is 1. The molecule has 4 atom stereocenters. The molecule has 2 aromatic rings. The number of fused-ring (bicyclic) bond motifs is 1. The van der Waals surface area contributed by atoms with Crippen LogP contribution in [0.1, 0.15) is 50.8 Å². The summed E-state index contributed by atoms with van der Waals surface area (Å²) in [6.07, 6.45) is 1.72. The summed E-state index contributed by atoms with van der Waals surface area (Å²) in [5.74, 6) is 2.07. The van der Waals surface area contributed by atoms with Gasteiger partial charge in [-0.3, -0.25) is 4.79 Å². The minimum absolute atomic E-state index is 0. The predicted octanol–water partition coefficient (Wildman–Crippen LogP) is 4.70. The second-order valence-corrected chi connectivity index (χ2v) is 11.0. The van der Waals surface area contributed by atoms with Gasteiger partial charge in [0.1, 0.15) is 11.5 Å². The highest BCUT2D eigenvalue weighted by Gasteiger charge is 2.39. The number of phenolic OH excluding ortho intramolecular Hbond substituents is 1. The van der Waals surface area contributed by atoms with Crippen molar-refractivity contribution in [2.45, 2.75) is 64.6 Å². The lowest BCUT2D eigenvalue weighted by atomic mass is 9.68. The van der Waals surface area contributed by atoms with Gasteiger partial charge in [0.25, 0.3) is 0 Å². The number of rotatable bonds is 7. The summed E-state index contributed by atoms with van der Waals surface area (Å²) < 4.78 is 5.47. The normalized spacial score (nSPS) is 24.3. The molecule has 0 saturated carbocycles. The minimum atomic E-state index is -0.245. The third-order valence-electron chi connectivity index (χ3n) is 8.35. The molecule has 206 valence electrons. The number of carbonyl (C=O) groups is 1. The fourth-order valence-electron chi connectivity index (χ4n) is 5.56. The SMILES string of the molecule is COc1cccc([C@]2(C)CCN(C[C@@H](NC(=O)[C@H]3Cc4ccc(O)cc4CN3)C(C)C)C[C@@H]2C)c1.Cl.Cl. The third kappa shape index (κ3) is 7.11. The molecular formula is C29H43Cl2N3O3. The minimum Gasteiger partial charge on any atom is -0.508 e. The van der Waals surface area contributed by atoms with Crippen molar-refractivity contribution in [3.63, 3.8) is 0 Å². The Bertz CT molecular complexity index is 1050. The molecule has 3 N–H and O–H groups in total. The number of piperidine rings is 1. The van der Waals surface area contributed by atoms with Gasteiger partial charge in [-0.05, 0) is 77.6 Å². The largest absolute Gasteiger partial charge is 0.508 e. The molecule has 0 aromatic heterocycles. The van der Waals surface area contributed by atoms with Gasteiger partial charge in [0.15, 0.2) is 0 Å². The van der Waals surface area contributed by atoms with Gasteiger partial charge in [-0.1, -0.05) is 45.9 Å². The van der Waals surface area contributed by atoms with Crippen molar-refractivity contribution in [3.8, 4) is 11.5 Å². The fourth-order valence-corrected chi connectivity index (χ4v) is 5.56. The van der Waals surface area contributed by atoms with E-state index in [0.717, 1.165) is 42.9 Å². The van der Waals surface area contributed by atoms with Crippen LogP contribution in [0.4, 0.5) is 0 Å². The predicted molar refractivity (Wildman–Crippen MR) is 154 cm³/mol. The maximum atomic E-state index is 13.2. The van der Waals surface area contributed by atoms with Crippen LogP contribution in [0.2, 0.25) is 0 Å². The Hall–Kier alpha value is -1.99. The van der Waals surface area contributed by atoms with Crippen LogP contribution in [-0.4, -0.2) is 54.7 Å². The second kappa shape index (κ2) is 13.2. The Morgan fingerprint density at radius 3 is 2.65 bits per heavy atom. The summed E-state index contributed by atoms with van der Waals surface area (Å²) in [6, 6.07) is 13.8. The number of halogens is 2. The van der Waals surface area contributed by atoms with Crippen molar-refractivity contribution in [2.24, 2.45) is 11.8 Å². The van der Waals surface area contributed by atoms with Gasteiger partial charge >= 0.3 is 0 Å². The summed E-state index contributed by atoms with van der Waals surface area (Å²) in [6.45, 7) is 12.6. The van der Waals surface area contributed by atoms with Crippen molar-refractivity contribution in [3.05, 3.63) is 59.2 Å². The zero-order valence-electron chi connectivity index (χ0n) is 22.6. The zero-order valence-corrected chi connectivity index (χ0v) is 24.3. The zero-order chi connectivity index (χ0) is 25.2. The summed E-state index contributed by atoms with van der Waals surface area (Å²) in [5, 5.41) is 16.4. The molecular weight excluding hydrogens is 509 g/mol. The number of nitrogens with zero attached hydrogens (tertiary/aromatic N) is 1. The van der Waals surface area contributed by atoms with E-state index in [1.54, 1.807) is 19.2 Å². The van der Waals surface area contributed by atoms with Gasteiger partial charge in [-0.15, -0.1) is 24.8 Å². The highest BCUT2D eigenvalue weighted by Crippen LogP contribution is 2.40. The Morgan fingerprint density at radius 1 is 1.22 bits per heavy atom. The first kappa shape index (κ1) is 31.2. The molecule has 1 fully saturated rings. The van der Waals surface area contributed by atoms with Crippen LogP contribution >= 0.6 is 24.8 Å². The van der Waals surface area contributed by atoms with E-state index in [1.807, 2.05) is 12.1 Å². The molecule has 2 heterocycles. The lowest BCUT2D eigenvalue weighted by Crippen LogP contribution is -2.56. The van der Waals surface area contributed by atoms with Crippen LogP contribution in [-0.2, 0) is 23.2 Å². The van der Waals surface area contributed by atoms with Gasteiger partial charge in [-0.25, -0.2) is 0 Å². The van der Waals surface area contributed by atoms with Crippen molar-refractivity contribution in [1.82, 2.24) is 15.5 Å². The Morgan fingerprint density at radius 2 is 1.97 bits per heavy atom. The highest BCUT2D eigenvalue weighted by molar-refractivity contribution is 5.85. The van der Waals surface area contributed by atoms with Gasteiger partial charge in [-0.2, -0.15) is 0 Å². The number of nitrogens with one attached hydrogen (secondary N) is 2. The monoisotopic (exact) mass is 551 g/mol. The maximum Gasteiger partial charge on any atom is 0.237 e. The number of amides is 1. The van der Waals surface area contributed by atoms with Gasteiger partial charge in [0.05, 0.1) is 13.2 Å². The van der Waals surface area contributed by atoms with Crippen LogP contribution in [0, 0.1) is 11.8 Å². The number of phenols is 1. The molecule has 8 heteroatoms. The van der Waals surface area contributed by atoms with E-state index in [0.29, 0.717) is 24.8 Å². The Kier molecular flexibility index (Phi) is 11.1. The molecule has 2 aliphatic heterocycles. The van der Waals surface area contributed by atoms with Crippen molar-refractivity contribution in [2.75, 3.05) is 26.7 Å². The molecule has 0 bridgehead atoms. The number of benzene rings is 2. The quantitative estimate of drug-likeness (QED) is 0.465. The molecule has 0 radical (unpaired) electrons. The van der Waals surface area contributed by atoms with Crippen LogP contribution < -0.4 is 15.4 Å². The van der Waals surface area contributed by atoms with E-state index in [2.05, 4.69) is 61.4 Å². The molecule has 1 saturated heterocycles. The van der Waals surface area contributed by atoms with Crippen LogP contribution in [0.3, 0.4) is 0 Å². The first-order valence-electron chi connectivity index (χ1n) is 12.9. The molecule has 6 nitrogen and oxygen atoms in total. The Balaban J connectivity index is 0.00000241. The van der Waals surface area contributed by atoms with Gasteiger partial charge in [0, 0.05) is 25.7 Å². The topological polar surface area (TPSA) is 73.8 Å². The standard InChI is InChI=1S/C29H41N3O3.2ClH/c1-19(2)27(31-28(34)26-14-21-9-10-24(33)13-22(21)16-30-26)18-32-12-11-29(4,20(3)17-32)23-7-6-8-25(15-23)35-5;;/h6-10,13,15,19-20,26-27,30,33H,11-12,14,16-18H2,1-5H3,(H,31,34);2*1H/t20-,26+,27+,29+;;/m0../s1. The number of hydrogen-bond acceptors (Lipinski definition) is 5. The summed E-state index contributed by atoms with van der Waals surface area (Å²) in [7, 11) is 1.72. The molecule has 4 rings (SSSR count). The maximum absolute atomic E-state index is 13.2. The van der Waals surface area contributed by atoms with E-state index >= 15 is 0 Å². The summed E-state index contributed by atoms with van der Waals surface area (Å²) in [5.41, 5.74) is 3.64. The first-order chi connectivity index (χ1) is 16.7. The Labute approximate surface area is 234 Å². The van der Waals surface area contributed by atoms with Gasteiger partial charge in [0.2, 0.25) is 5.91 Å². The average molecular weight is 553 g/mol. The third-order valence-corrected chi connectivity index (χ3v) is 8.35. The van der Waals surface area contributed by atoms with Crippen molar-refractivity contribution < 1.29 is 14.6 Å². The van der Waals surface area contributed by atoms with Crippen LogP contribution in [0.15, 0.2) is 42.5 Å². The molecule has 0 aliphatic carbocycles. The van der Waals surface area contributed by atoms with E-state index in [4.69, 9.17) is 4.74 Å². The van der Waals surface area contributed by atoms with Crippen LogP contribution in [0.5, 0.6) is 11.5 Å². The lowest BCUT2D eigenvalue weighted by Gasteiger charge is -2.46. The summed E-state index contributed by atoms with van der Waals surface area (Å²) >= 11 is 0. The molecule has 37 heavy (non-hydrogen) atoms. The molecule has 2 aromatic carbocycles. The summed E-state index contributed by atoms with van der Waals surface area (Å²) in [4.78, 5) is 15.7. The second-order valence-electron chi connectivity index (χ2n) is 11.0. The first-order valence-corrected chi connectivity index (χ1v) is 12.9. The lowest BCUT2D eigenvalue weighted by molar-refractivity contribution is -0.124. The molecule has 1 amide bonds. The van der Waals surface area contributed by atoms with Crippen molar-refractivity contribution in [1.29, 1.82) is 0 Å². The molecule has 0 spiro atoms. The fraction of sp³-hybridized carbons (Fsp3) is 0.552. The molecule has 2 aliphatic rings. The van der Waals surface area contributed by atoms with Crippen LogP contribution in [0.25, 0.3) is 0 Å². The van der Waals surface area contributed by atoms with E-state index in [9.17, 15) is 9.90 Å². The van der Waals surface area contributed by atoms with E-state index in [1.165, 1.54) is 5.56 Å². The number of carbonyl (C=O) groups excluding carboxylic acids is 1. The smallest absolute Gasteiger partial charge is 0.237 e. The number of likely N-dealkylation sites (tertiary alicyclic amines) is 1. The molecule has 0 unspecified atom stereocenters. The average Bonchev–Trinajstić information content (AvgIpc) is 2.85. The number of methoxy groups -OCH3 is 1.